The highest BCUT2D eigenvalue weighted by molar-refractivity contribution is 7.14. The van der Waals surface area contributed by atoms with Crippen LogP contribution in [0.1, 0.15) is 28.2 Å². The molecule has 2 rings (SSSR count). The molecule has 0 fully saturated rings. The second-order valence-corrected chi connectivity index (χ2v) is 4.43. The maximum Gasteiger partial charge on any atom is 0.373 e. The molecule has 0 saturated carbocycles. The fourth-order valence-corrected chi connectivity index (χ4v) is 2.03. The molecule has 0 atom stereocenters. The Hall–Kier alpha value is -1.69. The Labute approximate surface area is 95.8 Å². The van der Waals surface area contributed by atoms with E-state index in [1.54, 1.807) is 6.20 Å². The van der Waals surface area contributed by atoms with E-state index < -0.39 is 5.97 Å². The third kappa shape index (κ3) is 1.83. The molecule has 0 aliphatic carbocycles. The molecule has 0 aliphatic heterocycles. The van der Waals surface area contributed by atoms with E-state index in [1.807, 2.05) is 13.8 Å². The number of aromatic nitrogens is 2. The lowest BCUT2D eigenvalue weighted by molar-refractivity contribution is 0.0662. The van der Waals surface area contributed by atoms with Crippen LogP contribution in [0, 0.1) is 6.92 Å². The molecule has 84 valence electrons. The fourth-order valence-electron chi connectivity index (χ4n) is 1.32. The first-order valence-electron chi connectivity index (χ1n) is 4.77. The van der Waals surface area contributed by atoms with Gasteiger partial charge in [0.15, 0.2) is 0 Å². The van der Waals surface area contributed by atoms with Gasteiger partial charge in [-0.25, -0.2) is 14.8 Å². The number of oxazole rings is 1. The number of aryl methyl sites for hydroxylation is 2. The van der Waals surface area contributed by atoms with Crippen molar-refractivity contribution < 1.29 is 14.3 Å². The summed E-state index contributed by atoms with van der Waals surface area (Å²) in [5, 5.41) is 9.81. The van der Waals surface area contributed by atoms with Crippen molar-refractivity contribution in [2.75, 3.05) is 0 Å². The minimum Gasteiger partial charge on any atom is -0.475 e. The average molecular weight is 238 g/mol. The molecule has 2 aromatic rings. The molecule has 16 heavy (non-hydrogen) atoms. The first kappa shape index (κ1) is 10.8. The highest BCUT2D eigenvalue weighted by atomic mass is 32.1. The second-order valence-electron chi connectivity index (χ2n) is 3.20. The summed E-state index contributed by atoms with van der Waals surface area (Å²) in [4.78, 5) is 19.9. The number of carboxylic acids is 1. The third-order valence-corrected chi connectivity index (χ3v) is 2.96. The molecule has 2 aromatic heterocycles. The third-order valence-electron chi connectivity index (χ3n) is 2.06. The van der Waals surface area contributed by atoms with Gasteiger partial charge in [0.2, 0.25) is 11.7 Å². The van der Waals surface area contributed by atoms with Crippen LogP contribution in [0.4, 0.5) is 0 Å². The Kier molecular flexibility index (Phi) is 2.74. The number of hydrogen-bond donors (Lipinski definition) is 1. The number of thiazole rings is 1. The molecule has 0 saturated heterocycles. The van der Waals surface area contributed by atoms with E-state index in [4.69, 9.17) is 9.52 Å². The lowest BCUT2D eigenvalue weighted by atomic mass is 10.3. The lowest BCUT2D eigenvalue weighted by Crippen LogP contribution is -1.98. The van der Waals surface area contributed by atoms with E-state index in [1.165, 1.54) is 11.3 Å². The van der Waals surface area contributed by atoms with E-state index in [9.17, 15) is 4.79 Å². The topological polar surface area (TPSA) is 76.2 Å². The van der Waals surface area contributed by atoms with Gasteiger partial charge in [-0.3, -0.25) is 0 Å². The van der Waals surface area contributed by atoms with Crippen LogP contribution in [0.3, 0.4) is 0 Å². The Morgan fingerprint density at radius 1 is 1.62 bits per heavy atom. The van der Waals surface area contributed by atoms with Crippen LogP contribution in [0.5, 0.6) is 0 Å². The molecular formula is C10H10N2O3S. The van der Waals surface area contributed by atoms with Gasteiger partial charge in [-0.15, -0.1) is 11.3 Å². The largest absolute Gasteiger partial charge is 0.475 e. The summed E-state index contributed by atoms with van der Waals surface area (Å²) in [6.07, 6.45) is 2.17. The first-order valence-corrected chi connectivity index (χ1v) is 5.59. The maximum absolute atomic E-state index is 10.9. The monoisotopic (exact) mass is 238 g/mol. The van der Waals surface area contributed by atoms with Gasteiger partial charge in [0.1, 0.15) is 4.88 Å². The van der Waals surface area contributed by atoms with Crippen molar-refractivity contribution >= 4 is 17.3 Å². The zero-order valence-electron chi connectivity index (χ0n) is 8.85. The Balaban J connectivity index is 2.47. The summed E-state index contributed by atoms with van der Waals surface area (Å²) in [6.45, 7) is 3.71. The van der Waals surface area contributed by atoms with E-state index in [-0.39, 0.29) is 5.76 Å². The Bertz CT molecular complexity index is 530. The molecule has 0 amide bonds. The van der Waals surface area contributed by atoms with Gasteiger partial charge in [-0.05, 0) is 13.3 Å². The van der Waals surface area contributed by atoms with Crippen molar-refractivity contribution in [3.63, 3.8) is 0 Å². The van der Waals surface area contributed by atoms with Crippen LogP contribution in [0.25, 0.3) is 10.8 Å². The number of hydrogen-bond acceptors (Lipinski definition) is 5. The van der Waals surface area contributed by atoms with Crippen LogP contribution in [-0.4, -0.2) is 21.0 Å². The minimum absolute atomic E-state index is 0.0800. The van der Waals surface area contributed by atoms with Crippen LogP contribution >= 0.6 is 11.3 Å². The van der Waals surface area contributed by atoms with Gasteiger partial charge in [0.25, 0.3) is 0 Å². The average Bonchev–Trinajstić information content (AvgIpc) is 2.82. The zero-order valence-corrected chi connectivity index (χ0v) is 9.67. The first-order chi connectivity index (χ1) is 7.61. The molecule has 0 aromatic carbocycles. The maximum atomic E-state index is 10.9. The normalized spacial score (nSPS) is 10.6. The minimum atomic E-state index is -1.09. The summed E-state index contributed by atoms with van der Waals surface area (Å²) >= 11 is 1.42. The number of rotatable bonds is 3. The molecule has 0 bridgehead atoms. The predicted molar refractivity (Wildman–Crippen MR) is 58.7 cm³/mol. The van der Waals surface area contributed by atoms with E-state index in [0.717, 1.165) is 9.88 Å². The van der Waals surface area contributed by atoms with Gasteiger partial charge >= 0.3 is 5.97 Å². The highest BCUT2D eigenvalue weighted by Crippen LogP contribution is 2.27. The number of carbonyl (C=O) groups is 1. The highest BCUT2D eigenvalue weighted by Gasteiger charge is 2.19. The van der Waals surface area contributed by atoms with Crippen LogP contribution in [0.15, 0.2) is 10.6 Å². The van der Waals surface area contributed by atoms with Crippen molar-refractivity contribution in [2.24, 2.45) is 0 Å². The van der Waals surface area contributed by atoms with Crippen molar-refractivity contribution in [1.82, 2.24) is 9.97 Å². The number of carboxylic acid groups (broad SMARTS) is 1. The van der Waals surface area contributed by atoms with Crippen molar-refractivity contribution in [2.45, 2.75) is 20.3 Å². The summed E-state index contributed by atoms with van der Waals surface area (Å²) in [5.41, 5.74) is 0.466. The standard InChI is InChI=1S/C10H10N2O3S/c1-3-6-8(10(13)14)15-9(12-6)7-4-11-5(2)16-7/h4H,3H2,1-2H3,(H,13,14). The van der Waals surface area contributed by atoms with Gasteiger partial charge in [0, 0.05) is 0 Å². The fraction of sp³-hybridized carbons (Fsp3) is 0.300. The quantitative estimate of drug-likeness (QED) is 0.888. The van der Waals surface area contributed by atoms with E-state index >= 15 is 0 Å². The van der Waals surface area contributed by atoms with E-state index in [2.05, 4.69) is 9.97 Å². The van der Waals surface area contributed by atoms with Crippen LogP contribution in [0.2, 0.25) is 0 Å². The van der Waals surface area contributed by atoms with Crippen molar-refractivity contribution in [1.29, 1.82) is 0 Å². The van der Waals surface area contributed by atoms with Gasteiger partial charge in [-0.2, -0.15) is 0 Å². The molecule has 0 radical (unpaired) electrons. The lowest BCUT2D eigenvalue weighted by Gasteiger charge is -1.88. The zero-order chi connectivity index (χ0) is 11.7. The summed E-state index contributed by atoms with van der Waals surface area (Å²) < 4.78 is 5.23. The molecule has 5 nitrogen and oxygen atoms in total. The summed E-state index contributed by atoms with van der Waals surface area (Å²) in [5.74, 6) is -0.833. The summed E-state index contributed by atoms with van der Waals surface area (Å²) in [6, 6.07) is 0. The van der Waals surface area contributed by atoms with Crippen LogP contribution < -0.4 is 0 Å². The van der Waals surface area contributed by atoms with Crippen molar-refractivity contribution in [3.8, 4) is 10.8 Å². The van der Waals surface area contributed by atoms with Crippen molar-refractivity contribution in [3.05, 3.63) is 22.7 Å². The molecule has 6 heteroatoms. The molecule has 2 heterocycles. The van der Waals surface area contributed by atoms with Crippen LogP contribution in [-0.2, 0) is 6.42 Å². The van der Waals surface area contributed by atoms with E-state index in [0.29, 0.717) is 18.0 Å². The summed E-state index contributed by atoms with van der Waals surface area (Å²) in [7, 11) is 0. The number of nitrogens with zero attached hydrogens (tertiary/aromatic N) is 2. The Morgan fingerprint density at radius 2 is 2.38 bits per heavy atom. The molecule has 0 spiro atoms. The Morgan fingerprint density at radius 3 is 2.81 bits per heavy atom. The SMILES string of the molecule is CCc1nc(-c2cnc(C)s2)oc1C(=O)O. The van der Waals surface area contributed by atoms with Gasteiger partial charge < -0.3 is 9.52 Å². The van der Waals surface area contributed by atoms with Gasteiger partial charge in [-0.1, -0.05) is 6.92 Å². The molecule has 0 unspecified atom stereocenters. The molecular weight excluding hydrogens is 228 g/mol. The smallest absolute Gasteiger partial charge is 0.373 e. The number of aromatic carboxylic acids is 1. The predicted octanol–water partition coefficient (Wildman–Crippen LogP) is 2.37. The molecule has 1 N–H and O–H groups in total. The molecule has 0 aliphatic rings. The second kappa shape index (κ2) is 4.05. The van der Waals surface area contributed by atoms with Gasteiger partial charge in [0.05, 0.1) is 16.9 Å².